The average molecular weight is 525 g/mol. The van der Waals surface area contributed by atoms with Gasteiger partial charge in [0, 0.05) is 31.5 Å². The molecule has 8 heteroatoms. The number of rotatable bonds is 13. The van der Waals surface area contributed by atoms with Gasteiger partial charge in [0.2, 0.25) is 0 Å². The summed E-state index contributed by atoms with van der Waals surface area (Å²) >= 11 is 0. The number of nitrogens with zero attached hydrogens (tertiary/aromatic N) is 2. The van der Waals surface area contributed by atoms with Gasteiger partial charge in [0.05, 0.1) is 32.8 Å². The number of para-hydroxylation sites is 1. The van der Waals surface area contributed by atoms with Crippen LogP contribution in [0.5, 0.6) is 11.5 Å². The van der Waals surface area contributed by atoms with Crippen molar-refractivity contribution in [2.24, 2.45) is 5.92 Å². The van der Waals surface area contributed by atoms with E-state index in [4.69, 9.17) is 14.3 Å². The third-order valence-corrected chi connectivity index (χ3v) is 7.57. The zero-order valence-corrected chi connectivity index (χ0v) is 22.7. The molecule has 38 heavy (non-hydrogen) atoms. The molecule has 2 heterocycles. The van der Waals surface area contributed by atoms with Crippen molar-refractivity contribution in [3.8, 4) is 11.5 Å². The predicted molar refractivity (Wildman–Crippen MR) is 144 cm³/mol. The Morgan fingerprint density at radius 3 is 2.71 bits per heavy atom. The van der Waals surface area contributed by atoms with Crippen LogP contribution in [0.25, 0.3) is 0 Å². The van der Waals surface area contributed by atoms with Crippen LogP contribution in [0.2, 0.25) is 0 Å². The highest BCUT2D eigenvalue weighted by Crippen LogP contribution is 2.41. The van der Waals surface area contributed by atoms with Gasteiger partial charge in [-0.2, -0.15) is 0 Å². The van der Waals surface area contributed by atoms with Crippen LogP contribution in [0.4, 0.5) is 0 Å². The first-order chi connectivity index (χ1) is 18.5. The zero-order valence-electron chi connectivity index (χ0n) is 22.7. The van der Waals surface area contributed by atoms with E-state index in [1.54, 1.807) is 7.11 Å². The number of methoxy groups -OCH3 is 1. The molecule has 0 bridgehead atoms. The van der Waals surface area contributed by atoms with E-state index in [0.29, 0.717) is 39.1 Å². The maximum Gasteiger partial charge on any atom is 0.308 e. The van der Waals surface area contributed by atoms with E-state index in [9.17, 15) is 14.7 Å². The molecule has 2 aromatic rings. The number of ether oxygens (including phenoxy) is 2. The molecule has 206 valence electrons. The summed E-state index contributed by atoms with van der Waals surface area (Å²) in [4.78, 5) is 33.9. The number of aryl methyl sites for hydroxylation is 1. The topological polar surface area (TPSA) is 88.5 Å². The second-order valence-electron chi connectivity index (χ2n) is 10.1. The number of amides is 1. The minimum Gasteiger partial charge on any atom is -0.496 e. The van der Waals surface area contributed by atoms with Crippen molar-refractivity contribution in [1.29, 1.82) is 0 Å². The lowest BCUT2D eigenvalue weighted by atomic mass is 9.83. The second kappa shape index (κ2) is 13.1. The van der Waals surface area contributed by atoms with E-state index < -0.39 is 11.9 Å². The summed E-state index contributed by atoms with van der Waals surface area (Å²) in [5, 5.41) is 11.9. The van der Waals surface area contributed by atoms with Crippen LogP contribution in [0.1, 0.15) is 55.7 Å². The van der Waals surface area contributed by atoms with Gasteiger partial charge in [-0.15, -0.1) is 0 Å². The summed E-state index contributed by atoms with van der Waals surface area (Å²) in [6.45, 7) is 6.26. The van der Waals surface area contributed by atoms with Crippen LogP contribution in [-0.2, 0) is 27.3 Å². The number of hydroxylamine groups is 2. The Labute approximate surface area is 225 Å². The first-order valence-corrected chi connectivity index (χ1v) is 13.7. The molecule has 0 spiro atoms. The molecule has 1 fully saturated rings. The summed E-state index contributed by atoms with van der Waals surface area (Å²) < 4.78 is 11.2. The van der Waals surface area contributed by atoms with E-state index in [1.807, 2.05) is 50.2 Å². The lowest BCUT2D eigenvalue weighted by molar-refractivity contribution is -0.188. The average Bonchev–Trinajstić information content (AvgIpc) is 3.54. The summed E-state index contributed by atoms with van der Waals surface area (Å²) in [5.41, 5.74) is 3.14. The predicted octanol–water partition coefficient (Wildman–Crippen LogP) is 4.31. The van der Waals surface area contributed by atoms with Gasteiger partial charge in [-0.05, 0) is 54.5 Å². The van der Waals surface area contributed by atoms with Gasteiger partial charge in [0.1, 0.15) is 11.5 Å². The van der Waals surface area contributed by atoms with E-state index in [2.05, 4.69) is 11.0 Å². The Balaban J connectivity index is 1.62. The number of carboxylic acid groups (broad SMARTS) is 1. The monoisotopic (exact) mass is 524 g/mol. The molecule has 1 amide bonds. The van der Waals surface area contributed by atoms with Crippen LogP contribution in [-0.4, -0.2) is 72.9 Å². The standard InChI is InChI=1S/C30H40N2O6/c1-4-15-32(38-16-5-2)28(33)20-31-19-24(22-11-13-27-23(18-22)14-17-37-27)29(30(34)35)25(31)12-10-21-8-6-7-9-26(21)36-3/h6-9,11,13,18,24-25,29H,4-5,10,12,14-17,19-20H2,1-3H3,(H,34,35)/t24-,25+,29-/m1/s1. The van der Waals surface area contributed by atoms with Crippen molar-refractivity contribution in [2.45, 2.75) is 57.9 Å². The summed E-state index contributed by atoms with van der Waals surface area (Å²) in [6, 6.07) is 13.5. The number of likely N-dealkylation sites (tertiary alicyclic amines) is 1. The third-order valence-electron chi connectivity index (χ3n) is 7.57. The Hall–Kier alpha value is -3.10. The maximum atomic E-state index is 13.4. The van der Waals surface area contributed by atoms with E-state index >= 15 is 0 Å². The minimum absolute atomic E-state index is 0.120. The van der Waals surface area contributed by atoms with Gasteiger partial charge < -0.3 is 14.6 Å². The number of fused-ring (bicyclic) bond motifs is 1. The molecule has 2 aliphatic heterocycles. The molecular weight excluding hydrogens is 484 g/mol. The third kappa shape index (κ3) is 6.30. The fourth-order valence-electron chi connectivity index (χ4n) is 5.76. The highest BCUT2D eigenvalue weighted by Gasteiger charge is 2.47. The Kier molecular flexibility index (Phi) is 9.63. The number of hydrogen-bond donors (Lipinski definition) is 1. The van der Waals surface area contributed by atoms with Crippen LogP contribution in [0.15, 0.2) is 42.5 Å². The number of carbonyl (C=O) groups is 2. The van der Waals surface area contributed by atoms with Crippen molar-refractivity contribution >= 4 is 11.9 Å². The quantitative estimate of drug-likeness (QED) is 0.391. The summed E-state index contributed by atoms with van der Waals surface area (Å²) in [6.07, 6.45) is 3.67. The normalized spacial score (nSPS) is 20.7. The molecule has 0 aliphatic carbocycles. The second-order valence-corrected chi connectivity index (χ2v) is 10.1. The lowest BCUT2D eigenvalue weighted by Crippen LogP contribution is -2.44. The zero-order chi connectivity index (χ0) is 27.1. The largest absolute Gasteiger partial charge is 0.496 e. The van der Waals surface area contributed by atoms with Gasteiger partial charge in [0.15, 0.2) is 0 Å². The van der Waals surface area contributed by atoms with Crippen molar-refractivity contribution in [3.05, 3.63) is 59.2 Å². The molecule has 1 saturated heterocycles. The van der Waals surface area contributed by atoms with E-state index in [0.717, 1.165) is 47.5 Å². The number of hydrogen-bond acceptors (Lipinski definition) is 6. The van der Waals surface area contributed by atoms with Crippen LogP contribution in [0, 0.1) is 5.92 Å². The Morgan fingerprint density at radius 1 is 1.16 bits per heavy atom. The highest BCUT2D eigenvalue weighted by atomic mass is 16.7. The smallest absolute Gasteiger partial charge is 0.308 e. The Morgan fingerprint density at radius 2 is 1.97 bits per heavy atom. The molecule has 3 atom stereocenters. The van der Waals surface area contributed by atoms with Crippen LogP contribution in [0.3, 0.4) is 0 Å². The van der Waals surface area contributed by atoms with Crippen molar-refractivity contribution in [3.63, 3.8) is 0 Å². The fourth-order valence-corrected chi connectivity index (χ4v) is 5.76. The highest BCUT2D eigenvalue weighted by molar-refractivity contribution is 5.78. The van der Waals surface area contributed by atoms with Gasteiger partial charge in [-0.25, -0.2) is 5.06 Å². The molecular formula is C30H40N2O6. The van der Waals surface area contributed by atoms with Gasteiger partial charge >= 0.3 is 5.97 Å². The molecule has 0 saturated carbocycles. The van der Waals surface area contributed by atoms with Crippen LogP contribution < -0.4 is 9.47 Å². The lowest BCUT2D eigenvalue weighted by Gasteiger charge is -2.29. The molecule has 8 nitrogen and oxygen atoms in total. The molecule has 1 N–H and O–H groups in total. The van der Waals surface area contributed by atoms with Gasteiger partial charge in [-0.1, -0.05) is 44.2 Å². The maximum absolute atomic E-state index is 13.4. The Bertz CT molecular complexity index is 1110. The fraction of sp³-hybridized carbons (Fsp3) is 0.533. The molecule has 2 aromatic carbocycles. The van der Waals surface area contributed by atoms with E-state index in [-0.39, 0.29) is 24.4 Å². The molecule has 0 unspecified atom stereocenters. The summed E-state index contributed by atoms with van der Waals surface area (Å²) in [7, 11) is 1.64. The minimum atomic E-state index is -0.834. The number of carbonyl (C=O) groups excluding carboxylic acids is 1. The van der Waals surface area contributed by atoms with Crippen molar-refractivity contribution in [1.82, 2.24) is 9.96 Å². The number of carboxylic acids is 1. The molecule has 4 rings (SSSR count). The first kappa shape index (κ1) is 27.9. The van der Waals surface area contributed by atoms with Crippen molar-refractivity contribution < 1.29 is 29.0 Å². The first-order valence-electron chi connectivity index (χ1n) is 13.7. The molecule has 2 aliphatic rings. The SMILES string of the molecule is CCCON(CCC)C(=O)CN1C[C@H](c2ccc3c(c2)CCO3)[C@@H](C(=O)O)[C@@H]1CCc1ccccc1OC. The summed E-state index contributed by atoms with van der Waals surface area (Å²) in [5.74, 6) is -0.174. The molecule has 0 radical (unpaired) electrons. The number of benzene rings is 2. The van der Waals surface area contributed by atoms with Gasteiger partial charge in [0.25, 0.3) is 5.91 Å². The van der Waals surface area contributed by atoms with Crippen molar-refractivity contribution in [2.75, 3.05) is 40.0 Å². The molecule has 0 aromatic heterocycles. The van der Waals surface area contributed by atoms with Crippen LogP contribution >= 0.6 is 0 Å². The van der Waals surface area contributed by atoms with E-state index in [1.165, 1.54) is 5.06 Å². The van der Waals surface area contributed by atoms with Gasteiger partial charge in [-0.3, -0.25) is 19.3 Å². The number of aliphatic carboxylic acids is 1.